The van der Waals surface area contributed by atoms with Crippen molar-refractivity contribution in [2.24, 2.45) is 0 Å². The molecule has 0 radical (unpaired) electrons. The summed E-state index contributed by atoms with van der Waals surface area (Å²) in [7, 11) is 0. The Labute approximate surface area is 98.8 Å². The topological polar surface area (TPSA) is 68.1 Å². The number of hydrogen-bond donors (Lipinski definition) is 1. The molecule has 0 aromatic carbocycles. The van der Waals surface area contributed by atoms with Crippen LogP contribution in [0, 0.1) is 17.0 Å². The van der Waals surface area contributed by atoms with E-state index in [9.17, 15) is 10.1 Å². The highest BCUT2D eigenvalue weighted by atomic mass is 32.2. The van der Waals surface area contributed by atoms with Gasteiger partial charge < -0.3 is 5.32 Å². The van der Waals surface area contributed by atoms with Gasteiger partial charge >= 0.3 is 0 Å². The third-order valence-corrected chi connectivity index (χ3v) is 2.81. The van der Waals surface area contributed by atoms with Crippen molar-refractivity contribution in [1.29, 1.82) is 0 Å². The minimum Gasteiger partial charge on any atom is -0.370 e. The number of rotatable bonds is 6. The molecule has 1 aromatic heterocycles. The van der Waals surface area contributed by atoms with E-state index in [1.54, 1.807) is 24.8 Å². The number of pyridine rings is 1. The molecule has 0 aliphatic heterocycles. The third kappa shape index (κ3) is 3.69. The van der Waals surface area contributed by atoms with Crippen LogP contribution in [0.3, 0.4) is 0 Å². The predicted octanol–water partition coefficient (Wildman–Crippen LogP) is 2.46. The van der Waals surface area contributed by atoms with Crippen LogP contribution in [-0.4, -0.2) is 28.5 Å². The van der Waals surface area contributed by atoms with Gasteiger partial charge in [-0.2, -0.15) is 11.8 Å². The second kappa shape index (κ2) is 6.32. The molecule has 16 heavy (non-hydrogen) atoms. The summed E-state index contributed by atoms with van der Waals surface area (Å²) in [5.41, 5.74) is 0.696. The van der Waals surface area contributed by atoms with Crippen LogP contribution in [0.4, 0.5) is 11.5 Å². The Kier molecular flexibility index (Phi) is 5.04. The molecule has 0 amide bonds. The van der Waals surface area contributed by atoms with Gasteiger partial charge in [-0.1, -0.05) is 0 Å². The predicted molar refractivity (Wildman–Crippen MR) is 67.1 cm³/mol. The highest BCUT2D eigenvalue weighted by Crippen LogP contribution is 2.18. The summed E-state index contributed by atoms with van der Waals surface area (Å²) in [6, 6.07) is 1.71. The zero-order valence-electron chi connectivity index (χ0n) is 9.40. The Morgan fingerprint density at radius 3 is 2.94 bits per heavy atom. The van der Waals surface area contributed by atoms with Gasteiger partial charge in [0.2, 0.25) is 0 Å². The number of nitrogens with zero attached hydrogens (tertiary/aromatic N) is 2. The van der Waals surface area contributed by atoms with Crippen LogP contribution < -0.4 is 5.32 Å². The molecule has 0 unspecified atom stereocenters. The number of nitrogens with one attached hydrogen (secondary N) is 1. The summed E-state index contributed by atoms with van der Waals surface area (Å²) in [6.07, 6.45) is 4.42. The first-order chi connectivity index (χ1) is 7.65. The second-order valence-electron chi connectivity index (χ2n) is 3.39. The standard InChI is InChI=1S/C10H15N3O2S/c1-8-6-10(11-4-3-5-16-2)12-7-9(8)13(14)15/h6-7H,3-5H2,1-2H3,(H,11,12). The van der Waals surface area contributed by atoms with Gasteiger partial charge in [-0.25, -0.2) is 4.98 Å². The van der Waals surface area contributed by atoms with Gasteiger partial charge in [0.25, 0.3) is 5.69 Å². The van der Waals surface area contributed by atoms with Gasteiger partial charge in [0, 0.05) is 12.1 Å². The van der Waals surface area contributed by atoms with E-state index >= 15 is 0 Å². The number of hydrogen-bond acceptors (Lipinski definition) is 5. The highest BCUT2D eigenvalue weighted by Gasteiger charge is 2.10. The van der Waals surface area contributed by atoms with Crippen molar-refractivity contribution in [2.45, 2.75) is 13.3 Å². The van der Waals surface area contributed by atoms with Crippen LogP contribution in [0.25, 0.3) is 0 Å². The Morgan fingerprint density at radius 2 is 2.38 bits per heavy atom. The first-order valence-corrected chi connectivity index (χ1v) is 6.38. The molecule has 0 saturated carbocycles. The van der Waals surface area contributed by atoms with Crippen molar-refractivity contribution in [3.8, 4) is 0 Å². The molecule has 0 aliphatic rings. The first kappa shape index (κ1) is 12.8. The van der Waals surface area contributed by atoms with E-state index in [4.69, 9.17) is 0 Å². The highest BCUT2D eigenvalue weighted by molar-refractivity contribution is 7.98. The molecule has 0 aliphatic carbocycles. The molecule has 1 rings (SSSR count). The van der Waals surface area contributed by atoms with E-state index in [-0.39, 0.29) is 5.69 Å². The molecule has 1 aromatic rings. The number of aryl methyl sites for hydroxylation is 1. The van der Waals surface area contributed by atoms with Crippen LogP contribution in [0.2, 0.25) is 0 Å². The summed E-state index contributed by atoms with van der Waals surface area (Å²) in [4.78, 5) is 14.2. The van der Waals surface area contributed by atoms with Crippen LogP contribution in [-0.2, 0) is 0 Å². The largest absolute Gasteiger partial charge is 0.370 e. The van der Waals surface area contributed by atoms with Crippen LogP contribution in [0.15, 0.2) is 12.3 Å². The minimum atomic E-state index is -0.417. The monoisotopic (exact) mass is 241 g/mol. The third-order valence-electron chi connectivity index (χ3n) is 2.11. The van der Waals surface area contributed by atoms with Crippen molar-refractivity contribution >= 4 is 23.3 Å². The molecule has 0 atom stereocenters. The smallest absolute Gasteiger partial charge is 0.290 e. The zero-order chi connectivity index (χ0) is 12.0. The summed E-state index contributed by atoms with van der Waals surface area (Å²) in [6.45, 7) is 2.55. The van der Waals surface area contributed by atoms with Crippen LogP contribution in [0.1, 0.15) is 12.0 Å². The second-order valence-corrected chi connectivity index (χ2v) is 4.37. The molecule has 1 heterocycles. The van der Waals surface area contributed by atoms with Gasteiger partial charge in [-0.15, -0.1) is 0 Å². The van der Waals surface area contributed by atoms with E-state index in [1.807, 2.05) is 0 Å². The first-order valence-electron chi connectivity index (χ1n) is 4.99. The van der Waals surface area contributed by atoms with Gasteiger partial charge in [0.1, 0.15) is 12.0 Å². The quantitative estimate of drug-likeness (QED) is 0.470. The molecule has 0 fully saturated rings. The Bertz CT molecular complexity index is 371. The minimum absolute atomic E-state index is 0.0645. The maximum atomic E-state index is 10.6. The molecule has 0 spiro atoms. The zero-order valence-corrected chi connectivity index (χ0v) is 10.2. The van der Waals surface area contributed by atoms with E-state index in [1.165, 1.54) is 6.20 Å². The number of aromatic nitrogens is 1. The van der Waals surface area contributed by atoms with Gasteiger partial charge in [-0.3, -0.25) is 10.1 Å². The Hall–Kier alpha value is -1.30. The average molecular weight is 241 g/mol. The number of thioether (sulfide) groups is 1. The maximum Gasteiger partial charge on any atom is 0.290 e. The van der Waals surface area contributed by atoms with Crippen molar-refractivity contribution in [3.63, 3.8) is 0 Å². The van der Waals surface area contributed by atoms with Crippen molar-refractivity contribution in [1.82, 2.24) is 4.98 Å². The molecule has 88 valence electrons. The molecule has 5 nitrogen and oxygen atoms in total. The van der Waals surface area contributed by atoms with Crippen molar-refractivity contribution in [3.05, 3.63) is 27.9 Å². The van der Waals surface area contributed by atoms with Crippen molar-refractivity contribution < 1.29 is 4.92 Å². The lowest BCUT2D eigenvalue weighted by molar-refractivity contribution is -0.385. The fraction of sp³-hybridized carbons (Fsp3) is 0.500. The molecular formula is C10H15N3O2S. The van der Waals surface area contributed by atoms with Crippen molar-refractivity contribution in [2.75, 3.05) is 23.9 Å². The maximum absolute atomic E-state index is 10.6. The summed E-state index contributed by atoms with van der Waals surface area (Å²) in [5, 5.41) is 13.7. The molecule has 1 N–H and O–H groups in total. The normalized spacial score (nSPS) is 10.1. The summed E-state index contributed by atoms with van der Waals surface area (Å²) in [5.74, 6) is 1.79. The van der Waals surface area contributed by atoms with E-state index in [0.29, 0.717) is 11.4 Å². The molecule has 0 bridgehead atoms. The lowest BCUT2D eigenvalue weighted by Gasteiger charge is -2.05. The Balaban J connectivity index is 2.56. The van der Waals surface area contributed by atoms with Crippen LogP contribution in [0.5, 0.6) is 0 Å². The molecule has 6 heteroatoms. The van der Waals surface area contributed by atoms with Crippen LogP contribution >= 0.6 is 11.8 Å². The Morgan fingerprint density at radius 1 is 1.62 bits per heavy atom. The number of anilines is 1. The van der Waals surface area contributed by atoms with Gasteiger partial charge in [0.05, 0.1) is 4.92 Å². The van der Waals surface area contributed by atoms with Gasteiger partial charge in [0.15, 0.2) is 0 Å². The fourth-order valence-electron chi connectivity index (χ4n) is 1.27. The van der Waals surface area contributed by atoms with Gasteiger partial charge in [-0.05, 0) is 31.4 Å². The molecular weight excluding hydrogens is 226 g/mol. The van der Waals surface area contributed by atoms with E-state index < -0.39 is 4.92 Å². The molecule has 0 saturated heterocycles. The summed E-state index contributed by atoms with van der Waals surface area (Å²) < 4.78 is 0. The van der Waals surface area contributed by atoms with E-state index in [2.05, 4.69) is 16.6 Å². The summed E-state index contributed by atoms with van der Waals surface area (Å²) >= 11 is 1.80. The van der Waals surface area contributed by atoms with E-state index in [0.717, 1.165) is 18.7 Å². The lowest BCUT2D eigenvalue weighted by atomic mass is 10.2. The number of nitro groups is 1. The SMILES string of the molecule is CSCCCNc1cc(C)c([N+](=O)[O-])cn1. The fourth-order valence-corrected chi connectivity index (χ4v) is 1.70. The average Bonchev–Trinajstić information content (AvgIpc) is 2.24. The lowest BCUT2D eigenvalue weighted by Crippen LogP contribution is -2.05.